The molecular weight excluding hydrogens is 426 g/mol. The van der Waals surface area contributed by atoms with Crippen LogP contribution in [0.4, 0.5) is 11.4 Å². The summed E-state index contributed by atoms with van der Waals surface area (Å²) in [6.45, 7) is 9.93. The van der Waals surface area contributed by atoms with Crippen molar-refractivity contribution in [1.82, 2.24) is 14.8 Å². The fraction of sp³-hybridized carbons (Fsp3) is 0.593. The molecule has 1 atom stereocenters. The maximum absolute atomic E-state index is 5.50. The predicted octanol–water partition coefficient (Wildman–Crippen LogP) is 3.27. The van der Waals surface area contributed by atoms with Gasteiger partial charge < -0.3 is 19.3 Å². The van der Waals surface area contributed by atoms with Crippen LogP contribution in [0.1, 0.15) is 25.0 Å². The van der Waals surface area contributed by atoms with Crippen LogP contribution >= 0.6 is 0 Å². The van der Waals surface area contributed by atoms with Gasteiger partial charge in [-0.15, -0.1) is 0 Å². The topological polar surface area (TPSA) is 44.3 Å². The van der Waals surface area contributed by atoms with Crippen LogP contribution in [-0.4, -0.2) is 93.4 Å². The fourth-order valence-electron chi connectivity index (χ4n) is 6.10. The molecule has 1 spiro atoms. The van der Waals surface area contributed by atoms with Gasteiger partial charge in [-0.2, -0.15) is 0 Å². The van der Waals surface area contributed by atoms with Crippen LogP contribution in [0, 0.1) is 6.92 Å². The highest BCUT2D eigenvalue weighted by Crippen LogP contribution is 2.36. The third kappa shape index (κ3) is 4.56. The molecule has 1 aromatic heterocycles. The second kappa shape index (κ2) is 9.62. The first-order chi connectivity index (χ1) is 16.5. The van der Waals surface area contributed by atoms with Gasteiger partial charge >= 0.3 is 0 Å². The van der Waals surface area contributed by atoms with Crippen LogP contribution in [0.3, 0.4) is 0 Å². The van der Waals surface area contributed by atoms with E-state index in [-0.39, 0.29) is 5.54 Å². The molecule has 2 aromatic rings. The number of piperazine rings is 1. The van der Waals surface area contributed by atoms with Crippen molar-refractivity contribution in [3.05, 3.63) is 42.2 Å². The van der Waals surface area contributed by atoms with Crippen molar-refractivity contribution in [1.29, 1.82) is 0 Å². The van der Waals surface area contributed by atoms with Crippen LogP contribution in [0.2, 0.25) is 0 Å². The molecule has 1 unspecified atom stereocenters. The first-order valence-electron chi connectivity index (χ1n) is 12.6. The van der Waals surface area contributed by atoms with Crippen molar-refractivity contribution in [2.45, 2.75) is 37.8 Å². The van der Waals surface area contributed by atoms with Crippen molar-refractivity contribution in [2.24, 2.45) is 0 Å². The minimum Gasteiger partial charge on any atom is -0.497 e. The summed E-state index contributed by atoms with van der Waals surface area (Å²) >= 11 is 0. The predicted molar refractivity (Wildman–Crippen MR) is 138 cm³/mol. The summed E-state index contributed by atoms with van der Waals surface area (Å²) in [4.78, 5) is 14.8. The van der Waals surface area contributed by atoms with Gasteiger partial charge in [-0.1, -0.05) is 0 Å². The number of pyridine rings is 1. The van der Waals surface area contributed by atoms with Crippen LogP contribution in [0.5, 0.6) is 11.5 Å². The average molecular weight is 466 g/mol. The summed E-state index contributed by atoms with van der Waals surface area (Å²) in [5.41, 5.74) is 3.89. The van der Waals surface area contributed by atoms with Crippen LogP contribution in [-0.2, 0) is 0 Å². The lowest BCUT2D eigenvalue weighted by Crippen LogP contribution is -2.66. The van der Waals surface area contributed by atoms with E-state index in [9.17, 15) is 0 Å². The quantitative estimate of drug-likeness (QED) is 0.672. The molecule has 0 aliphatic carbocycles. The van der Waals surface area contributed by atoms with E-state index >= 15 is 0 Å². The molecule has 1 aromatic carbocycles. The Morgan fingerprint density at radius 2 is 1.62 bits per heavy atom. The summed E-state index contributed by atoms with van der Waals surface area (Å²) in [7, 11) is 5.78. The molecule has 0 N–H and O–H groups in total. The van der Waals surface area contributed by atoms with E-state index in [2.05, 4.69) is 62.8 Å². The number of aromatic nitrogens is 1. The average Bonchev–Trinajstić information content (AvgIpc) is 3.36. The number of nitrogens with zero attached hydrogens (tertiary/aromatic N) is 5. The summed E-state index contributed by atoms with van der Waals surface area (Å²) < 4.78 is 11.0. The molecular formula is C27H39N5O2. The Morgan fingerprint density at radius 3 is 2.29 bits per heavy atom. The number of piperidine rings is 1. The van der Waals surface area contributed by atoms with Gasteiger partial charge in [0.2, 0.25) is 0 Å². The van der Waals surface area contributed by atoms with E-state index in [1.165, 1.54) is 37.2 Å². The molecule has 7 nitrogen and oxygen atoms in total. The number of hydrogen-bond acceptors (Lipinski definition) is 7. The highest BCUT2D eigenvalue weighted by Gasteiger charge is 2.44. The van der Waals surface area contributed by atoms with Crippen molar-refractivity contribution in [3.63, 3.8) is 0 Å². The molecule has 3 aliphatic heterocycles. The van der Waals surface area contributed by atoms with E-state index < -0.39 is 0 Å². The number of hydrogen-bond donors (Lipinski definition) is 0. The highest BCUT2D eigenvalue weighted by molar-refractivity contribution is 5.56. The minimum absolute atomic E-state index is 0.281. The van der Waals surface area contributed by atoms with E-state index in [0.29, 0.717) is 6.04 Å². The molecule has 5 rings (SSSR count). The molecule has 4 heterocycles. The fourth-order valence-corrected chi connectivity index (χ4v) is 6.10. The van der Waals surface area contributed by atoms with Gasteiger partial charge in [0.05, 0.1) is 14.2 Å². The second-order valence-corrected chi connectivity index (χ2v) is 10.2. The van der Waals surface area contributed by atoms with Crippen LogP contribution in [0.25, 0.3) is 0 Å². The Balaban J connectivity index is 1.24. The zero-order valence-corrected chi connectivity index (χ0v) is 21.2. The Kier molecular flexibility index (Phi) is 6.58. The SMILES string of the molecule is COc1cc(OC)cc(N2CCC(N3CCN(C)C4(CCN(c5ccnc(C)c5)CC4)C3)C2)c1. The van der Waals surface area contributed by atoms with E-state index in [1.54, 1.807) is 14.2 Å². The molecule has 3 fully saturated rings. The molecule has 0 amide bonds. The highest BCUT2D eigenvalue weighted by atomic mass is 16.5. The largest absolute Gasteiger partial charge is 0.497 e. The van der Waals surface area contributed by atoms with E-state index in [0.717, 1.165) is 56.5 Å². The van der Waals surface area contributed by atoms with Gasteiger partial charge in [0.25, 0.3) is 0 Å². The van der Waals surface area contributed by atoms with Crippen LogP contribution < -0.4 is 19.3 Å². The number of ether oxygens (including phenoxy) is 2. The summed E-state index contributed by atoms with van der Waals surface area (Å²) in [5.74, 6) is 1.71. The standard InChI is InChI=1S/C27H39N5O2/c1-21-15-22(5-9-28-21)30-11-7-27(8-12-30)20-32(14-13-29(27)2)23-6-10-31(19-23)24-16-25(33-3)18-26(17-24)34-4/h5,9,15-18,23H,6-8,10-14,19-20H2,1-4H3. The Labute approximate surface area is 204 Å². The third-order valence-corrected chi connectivity index (χ3v) is 8.35. The second-order valence-electron chi connectivity index (χ2n) is 10.2. The lowest BCUT2D eigenvalue weighted by atomic mass is 9.83. The van der Waals surface area contributed by atoms with Gasteiger partial charge in [-0.3, -0.25) is 14.8 Å². The molecule has 0 saturated carbocycles. The van der Waals surface area contributed by atoms with Crippen LogP contribution in [0.15, 0.2) is 36.5 Å². The number of aryl methyl sites for hydroxylation is 1. The molecule has 7 heteroatoms. The number of anilines is 2. The smallest absolute Gasteiger partial charge is 0.124 e. The third-order valence-electron chi connectivity index (χ3n) is 8.35. The number of methoxy groups -OCH3 is 2. The maximum Gasteiger partial charge on any atom is 0.124 e. The molecule has 34 heavy (non-hydrogen) atoms. The monoisotopic (exact) mass is 465 g/mol. The van der Waals surface area contributed by atoms with Gasteiger partial charge in [0.15, 0.2) is 0 Å². The molecule has 3 saturated heterocycles. The first kappa shape index (κ1) is 23.2. The summed E-state index contributed by atoms with van der Waals surface area (Å²) in [5, 5.41) is 0. The molecule has 0 radical (unpaired) electrons. The molecule has 0 bridgehead atoms. The van der Waals surface area contributed by atoms with E-state index in [4.69, 9.17) is 9.47 Å². The Bertz CT molecular complexity index is 968. The van der Waals surface area contributed by atoms with Gasteiger partial charge in [0.1, 0.15) is 11.5 Å². The molecule has 3 aliphatic rings. The van der Waals surface area contributed by atoms with Crippen molar-refractivity contribution in [2.75, 3.05) is 76.9 Å². The number of benzene rings is 1. The zero-order valence-electron chi connectivity index (χ0n) is 21.2. The van der Waals surface area contributed by atoms with Gasteiger partial charge in [0, 0.05) is 98.9 Å². The lowest BCUT2D eigenvalue weighted by molar-refractivity contribution is -0.0153. The summed E-state index contributed by atoms with van der Waals surface area (Å²) in [6, 6.07) is 11.2. The van der Waals surface area contributed by atoms with Gasteiger partial charge in [-0.25, -0.2) is 0 Å². The number of rotatable bonds is 5. The van der Waals surface area contributed by atoms with Gasteiger partial charge in [-0.05, 0) is 45.4 Å². The lowest BCUT2D eigenvalue weighted by Gasteiger charge is -2.54. The van der Waals surface area contributed by atoms with Crippen molar-refractivity contribution in [3.8, 4) is 11.5 Å². The molecule has 184 valence electrons. The summed E-state index contributed by atoms with van der Waals surface area (Å²) in [6.07, 6.45) is 5.57. The van der Waals surface area contributed by atoms with Crippen molar-refractivity contribution < 1.29 is 9.47 Å². The minimum atomic E-state index is 0.281. The van der Waals surface area contributed by atoms with Crippen molar-refractivity contribution >= 4 is 11.4 Å². The maximum atomic E-state index is 5.50. The first-order valence-corrected chi connectivity index (χ1v) is 12.6. The Hall–Kier alpha value is -2.51. The zero-order chi connectivity index (χ0) is 23.7. The normalized spacial score (nSPS) is 23.5. The Morgan fingerprint density at radius 1 is 0.882 bits per heavy atom. The number of likely N-dealkylation sites (N-methyl/N-ethyl adjacent to an activating group) is 1. The van der Waals surface area contributed by atoms with E-state index in [1.807, 2.05) is 12.3 Å².